The van der Waals surface area contributed by atoms with Crippen molar-refractivity contribution in [2.75, 3.05) is 11.9 Å². The van der Waals surface area contributed by atoms with Crippen molar-refractivity contribution in [2.45, 2.75) is 50.2 Å². The van der Waals surface area contributed by atoms with E-state index in [-0.39, 0.29) is 47.6 Å². The van der Waals surface area contributed by atoms with Gasteiger partial charge in [0.25, 0.3) is 5.91 Å². The summed E-state index contributed by atoms with van der Waals surface area (Å²) >= 11 is 0. The van der Waals surface area contributed by atoms with Crippen LogP contribution in [0.1, 0.15) is 65.7 Å². The van der Waals surface area contributed by atoms with Crippen molar-refractivity contribution in [3.63, 3.8) is 0 Å². The molecule has 5 nitrogen and oxygen atoms in total. The third-order valence-corrected chi connectivity index (χ3v) is 8.39. The van der Waals surface area contributed by atoms with Crippen molar-refractivity contribution in [3.8, 4) is 0 Å². The van der Waals surface area contributed by atoms with E-state index < -0.39 is 0 Å². The van der Waals surface area contributed by atoms with Gasteiger partial charge in [0.1, 0.15) is 5.82 Å². The molecule has 1 aliphatic carbocycles. The molecule has 0 spiro atoms. The zero-order valence-electron chi connectivity index (χ0n) is 20.8. The number of fused-ring (bicyclic) bond motifs is 3. The van der Waals surface area contributed by atoms with E-state index in [4.69, 9.17) is 0 Å². The van der Waals surface area contributed by atoms with Crippen LogP contribution in [0.5, 0.6) is 0 Å². The van der Waals surface area contributed by atoms with Crippen molar-refractivity contribution >= 4 is 17.5 Å². The van der Waals surface area contributed by atoms with Gasteiger partial charge in [-0.05, 0) is 55.2 Å². The number of hydrogen-bond donors (Lipinski definition) is 2. The smallest absolute Gasteiger partial charge is 0.251 e. The van der Waals surface area contributed by atoms with Gasteiger partial charge in [0, 0.05) is 35.3 Å². The molecule has 2 amide bonds. The molecule has 1 saturated heterocycles. The normalized spacial score (nSPS) is 26.5. The molecule has 3 aliphatic rings. The third kappa shape index (κ3) is 4.50. The van der Waals surface area contributed by atoms with E-state index in [9.17, 15) is 14.0 Å². The molecule has 37 heavy (non-hydrogen) atoms. The number of halogens is 1. The number of anilines is 1. The van der Waals surface area contributed by atoms with Crippen LogP contribution in [0.4, 0.5) is 10.1 Å². The SMILES string of the molecule is O=C(N[C@@H]1CCCC[C@@H]1C(=O)N1CC[C@@H]2[C@H](c3ccccc3)Nc3ccc(F)cc3[C@@H]21)c1ccccc1. The lowest BCUT2D eigenvalue weighted by Gasteiger charge is -2.42. The summed E-state index contributed by atoms with van der Waals surface area (Å²) in [6.07, 6.45) is 4.34. The highest BCUT2D eigenvalue weighted by molar-refractivity contribution is 5.95. The Hall–Kier alpha value is -3.67. The molecule has 6 rings (SSSR count). The molecule has 0 aromatic heterocycles. The molecule has 0 unspecified atom stereocenters. The molecule has 2 aliphatic heterocycles. The number of carbonyl (C=O) groups excluding carboxylic acids is 2. The molecule has 3 aromatic carbocycles. The second-order valence-electron chi connectivity index (χ2n) is 10.5. The average Bonchev–Trinajstić information content (AvgIpc) is 3.39. The molecule has 0 radical (unpaired) electrons. The first kappa shape index (κ1) is 23.7. The van der Waals surface area contributed by atoms with Crippen molar-refractivity contribution in [2.24, 2.45) is 11.8 Å². The van der Waals surface area contributed by atoms with E-state index in [1.54, 1.807) is 24.3 Å². The average molecular weight is 498 g/mol. The van der Waals surface area contributed by atoms with E-state index in [0.717, 1.165) is 43.4 Å². The highest BCUT2D eigenvalue weighted by atomic mass is 19.1. The topological polar surface area (TPSA) is 61.4 Å². The minimum Gasteiger partial charge on any atom is -0.378 e. The van der Waals surface area contributed by atoms with Gasteiger partial charge in [0.2, 0.25) is 5.91 Å². The Labute approximate surface area is 217 Å². The lowest BCUT2D eigenvalue weighted by molar-refractivity contribution is -0.138. The molecule has 190 valence electrons. The summed E-state index contributed by atoms with van der Waals surface area (Å²) in [5, 5.41) is 6.81. The fourth-order valence-corrected chi connectivity index (χ4v) is 6.64. The van der Waals surface area contributed by atoms with Crippen molar-refractivity contribution in [1.29, 1.82) is 0 Å². The van der Waals surface area contributed by atoms with Crippen LogP contribution in [0.2, 0.25) is 0 Å². The summed E-state index contributed by atoms with van der Waals surface area (Å²) in [6, 6.07) is 24.0. The number of likely N-dealkylation sites (tertiary alicyclic amines) is 1. The fourth-order valence-electron chi connectivity index (χ4n) is 6.64. The van der Waals surface area contributed by atoms with Gasteiger partial charge in [-0.15, -0.1) is 0 Å². The molecule has 2 fully saturated rings. The molecule has 5 atom stereocenters. The van der Waals surface area contributed by atoms with E-state index in [1.807, 2.05) is 41.3 Å². The van der Waals surface area contributed by atoms with Crippen molar-refractivity contribution in [1.82, 2.24) is 10.2 Å². The second-order valence-corrected chi connectivity index (χ2v) is 10.5. The van der Waals surface area contributed by atoms with Crippen molar-refractivity contribution in [3.05, 3.63) is 101 Å². The molecule has 2 N–H and O–H groups in total. The monoisotopic (exact) mass is 497 g/mol. The molecule has 6 heteroatoms. The van der Waals surface area contributed by atoms with Gasteiger partial charge in [0.05, 0.1) is 18.0 Å². The highest BCUT2D eigenvalue weighted by Gasteiger charge is 2.48. The number of nitrogens with one attached hydrogen (secondary N) is 2. The lowest BCUT2D eigenvalue weighted by Crippen LogP contribution is -2.50. The van der Waals surface area contributed by atoms with Crippen LogP contribution < -0.4 is 10.6 Å². The lowest BCUT2D eigenvalue weighted by atomic mass is 9.79. The quantitative estimate of drug-likeness (QED) is 0.474. The Bertz CT molecular complexity index is 1280. The minimum atomic E-state index is -0.289. The van der Waals surface area contributed by atoms with E-state index in [0.29, 0.717) is 12.1 Å². The summed E-state index contributed by atoms with van der Waals surface area (Å²) in [5.41, 5.74) is 3.51. The fraction of sp³-hybridized carbons (Fsp3) is 0.355. The van der Waals surface area contributed by atoms with Crippen LogP contribution >= 0.6 is 0 Å². The first-order valence-corrected chi connectivity index (χ1v) is 13.4. The Morgan fingerprint density at radius 1 is 0.892 bits per heavy atom. The van der Waals surface area contributed by atoms with Gasteiger partial charge in [-0.1, -0.05) is 61.4 Å². The standard InChI is InChI=1S/C31H32FN3O2/c32-22-15-16-27-25(19-22)29-24(28(33-27)20-9-3-1-4-10-20)17-18-35(29)31(37)23-13-7-8-14-26(23)34-30(36)21-11-5-2-6-12-21/h1-6,9-12,15-16,19,23-24,26,28-29,33H,7-8,13-14,17-18H2,(H,34,36)/t23-,24+,26+,28-,29+/m0/s1. The number of rotatable bonds is 4. The van der Waals surface area contributed by atoms with Gasteiger partial charge in [-0.2, -0.15) is 0 Å². The van der Waals surface area contributed by atoms with E-state index >= 15 is 0 Å². The van der Waals surface area contributed by atoms with Gasteiger partial charge in [-0.25, -0.2) is 4.39 Å². The highest BCUT2D eigenvalue weighted by Crippen LogP contribution is 2.52. The first-order chi connectivity index (χ1) is 18.1. The maximum absolute atomic E-state index is 14.4. The Morgan fingerprint density at radius 2 is 1.62 bits per heavy atom. The molecule has 2 heterocycles. The van der Waals surface area contributed by atoms with Gasteiger partial charge >= 0.3 is 0 Å². The van der Waals surface area contributed by atoms with Crippen LogP contribution in [-0.2, 0) is 4.79 Å². The summed E-state index contributed by atoms with van der Waals surface area (Å²) in [5.74, 6) is -0.483. The number of nitrogens with zero attached hydrogens (tertiary/aromatic N) is 1. The Balaban J connectivity index is 1.30. The number of benzene rings is 3. The zero-order valence-corrected chi connectivity index (χ0v) is 20.8. The van der Waals surface area contributed by atoms with Crippen LogP contribution in [0.3, 0.4) is 0 Å². The predicted molar refractivity (Wildman–Crippen MR) is 141 cm³/mol. The Kier molecular flexibility index (Phi) is 6.41. The van der Waals surface area contributed by atoms with Crippen LogP contribution in [0, 0.1) is 17.7 Å². The van der Waals surface area contributed by atoms with E-state index in [2.05, 4.69) is 22.8 Å². The van der Waals surface area contributed by atoms with Crippen molar-refractivity contribution < 1.29 is 14.0 Å². The largest absolute Gasteiger partial charge is 0.378 e. The number of hydrogen-bond acceptors (Lipinski definition) is 3. The first-order valence-electron chi connectivity index (χ1n) is 13.4. The Morgan fingerprint density at radius 3 is 2.41 bits per heavy atom. The molecule has 1 saturated carbocycles. The number of carbonyl (C=O) groups is 2. The van der Waals surface area contributed by atoms with Crippen LogP contribution in [0.15, 0.2) is 78.9 Å². The molecule has 0 bridgehead atoms. The maximum Gasteiger partial charge on any atom is 0.251 e. The van der Waals surface area contributed by atoms with E-state index in [1.165, 1.54) is 11.6 Å². The third-order valence-electron chi connectivity index (χ3n) is 8.39. The summed E-state index contributed by atoms with van der Waals surface area (Å²) in [4.78, 5) is 29.1. The second kappa shape index (κ2) is 10.0. The zero-order chi connectivity index (χ0) is 25.4. The predicted octanol–water partition coefficient (Wildman–Crippen LogP) is 5.87. The molecular formula is C31H32FN3O2. The van der Waals surface area contributed by atoms with Crippen LogP contribution in [0.25, 0.3) is 0 Å². The summed E-state index contributed by atoms with van der Waals surface area (Å²) in [6.45, 7) is 0.630. The summed E-state index contributed by atoms with van der Waals surface area (Å²) in [7, 11) is 0. The minimum absolute atomic E-state index is 0.0434. The molecule has 3 aromatic rings. The summed E-state index contributed by atoms with van der Waals surface area (Å²) < 4.78 is 14.4. The van der Waals surface area contributed by atoms with Gasteiger partial charge in [0.15, 0.2) is 0 Å². The van der Waals surface area contributed by atoms with Crippen LogP contribution in [-0.4, -0.2) is 29.3 Å². The van der Waals surface area contributed by atoms with Gasteiger partial charge in [-0.3, -0.25) is 9.59 Å². The number of amides is 2. The molecular weight excluding hydrogens is 465 g/mol. The van der Waals surface area contributed by atoms with Gasteiger partial charge < -0.3 is 15.5 Å². The maximum atomic E-state index is 14.4.